The smallest absolute Gasteiger partial charge is 0.0503 e. The summed E-state index contributed by atoms with van der Waals surface area (Å²) in [4.78, 5) is 4.31. The molecular weight excluding hydrogens is 150 g/mol. The summed E-state index contributed by atoms with van der Waals surface area (Å²) >= 11 is 0. The van der Waals surface area contributed by atoms with Gasteiger partial charge in [0.25, 0.3) is 0 Å². The number of rotatable bonds is 0. The number of hydrogen-bond donors (Lipinski definition) is 2. The first kappa shape index (κ1) is 7.55. The summed E-state index contributed by atoms with van der Waals surface area (Å²) in [6.07, 6.45) is 3.81. The van der Waals surface area contributed by atoms with Gasteiger partial charge in [0.1, 0.15) is 0 Å². The van der Waals surface area contributed by atoms with E-state index in [1.165, 1.54) is 11.3 Å². The minimum Gasteiger partial charge on any atom is -0.397 e. The molecule has 0 aromatic carbocycles. The van der Waals surface area contributed by atoms with Crippen LogP contribution < -0.4 is 11.1 Å². The van der Waals surface area contributed by atoms with E-state index in [4.69, 9.17) is 5.73 Å². The van der Waals surface area contributed by atoms with Gasteiger partial charge in [-0.15, -0.1) is 0 Å². The van der Waals surface area contributed by atoms with Crippen LogP contribution in [0.2, 0.25) is 0 Å². The highest BCUT2D eigenvalue weighted by molar-refractivity contribution is 5.40. The number of anilines is 1. The molecule has 0 amide bonds. The Hall–Kier alpha value is -1.09. The van der Waals surface area contributed by atoms with E-state index >= 15 is 0 Å². The molecule has 0 spiro atoms. The highest BCUT2D eigenvalue weighted by atomic mass is 14.9. The van der Waals surface area contributed by atoms with Crippen molar-refractivity contribution in [3.63, 3.8) is 0 Å². The molecule has 0 unspecified atom stereocenters. The van der Waals surface area contributed by atoms with Gasteiger partial charge in [0.15, 0.2) is 0 Å². The lowest BCUT2D eigenvalue weighted by Gasteiger charge is -2.03. The summed E-state index contributed by atoms with van der Waals surface area (Å²) in [5.41, 5.74) is 8.93. The predicted octanol–water partition coefficient (Wildman–Crippen LogP) is 0.352. The summed E-state index contributed by atoms with van der Waals surface area (Å²) in [7, 11) is 0. The number of hydrogen-bond acceptors (Lipinski definition) is 3. The molecule has 1 aromatic rings. The van der Waals surface area contributed by atoms with E-state index in [2.05, 4.69) is 10.3 Å². The number of nitrogens with two attached hydrogens (primary N) is 1. The zero-order chi connectivity index (χ0) is 8.39. The molecule has 2 heterocycles. The molecule has 1 aliphatic heterocycles. The second kappa shape index (κ2) is 3.11. The molecule has 0 aliphatic carbocycles. The fourth-order valence-corrected chi connectivity index (χ4v) is 1.55. The summed E-state index contributed by atoms with van der Waals surface area (Å²) in [6.45, 7) is 2.07. The predicted molar refractivity (Wildman–Crippen MR) is 48.9 cm³/mol. The molecule has 0 fully saturated rings. The minimum absolute atomic E-state index is 0.774. The maximum Gasteiger partial charge on any atom is 0.0503 e. The number of pyridine rings is 1. The molecule has 0 atom stereocenters. The summed E-state index contributed by atoms with van der Waals surface area (Å²) in [5.74, 6) is 0. The largest absolute Gasteiger partial charge is 0.397 e. The molecule has 0 saturated carbocycles. The first-order chi connectivity index (χ1) is 5.86. The topological polar surface area (TPSA) is 50.9 Å². The Kier molecular flexibility index (Phi) is 1.96. The lowest BCUT2D eigenvalue weighted by molar-refractivity contribution is 0.708. The first-order valence-electron chi connectivity index (χ1n) is 4.30. The van der Waals surface area contributed by atoms with Crippen molar-refractivity contribution in [2.24, 2.45) is 0 Å². The average molecular weight is 163 g/mol. The fraction of sp³-hybridized carbons (Fsp3) is 0.444. The van der Waals surface area contributed by atoms with Crippen molar-refractivity contribution in [2.45, 2.75) is 12.8 Å². The third kappa shape index (κ3) is 1.41. The monoisotopic (exact) mass is 163 g/mol. The number of aromatic nitrogens is 1. The van der Waals surface area contributed by atoms with Crippen LogP contribution in [0.4, 0.5) is 5.69 Å². The van der Waals surface area contributed by atoms with Crippen LogP contribution in [0.25, 0.3) is 0 Å². The number of nitrogens with zero attached hydrogens (tertiary/aromatic N) is 1. The molecule has 1 aliphatic rings. The average Bonchev–Trinajstić information content (AvgIpc) is 2.28. The van der Waals surface area contributed by atoms with Gasteiger partial charge in [0.2, 0.25) is 0 Å². The molecule has 3 N–H and O–H groups in total. The van der Waals surface area contributed by atoms with E-state index in [0.29, 0.717) is 0 Å². The van der Waals surface area contributed by atoms with Crippen LogP contribution in [0.3, 0.4) is 0 Å². The molecule has 64 valence electrons. The Morgan fingerprint density at radius 3 is 3.08 bits per heavy atom. The standard InChI is InChI=1S/C9H13N3/c10-8-5-7-1-3-11-4-2-9(7)12-6-8/h5-6,11H,1-4,10H2. The zero-order valence-corrected chi connectivity index (χ0v) is 7.01. The van der Waals surface area contributed by atoms with E-state index in [1.807, 2.05) is 6.07 Å². The normalized spacial score (nSPS) is 16.7. The highest BCUT2D eigenvalue weighted by Gasteiger charge is 2.07. The molecule has 3 nitrogen and oxygen atoms in total. The van der Waals surface area contributed by atoms with Crippen LogP contribution in [-0.4, -0.2) is 18.1 Å². The van der Waals surface area contributed by atoms with Gasteiger partial charge in [0.05, 0.1) is 11.9 Å². The molecule has 1 aromatic heterocycles. The van der Waals surface area contributed by atoms with Crippen LogP contribution in [-0.2, 0) is 12.8 Å². The zero-order valence-electron chi connectivity index (χ0n) is 7.01. The molecule has 0 radical (unpaired) electrons. The van der Waals surface area contributed by atoms with Gasteiger partial charge in [-0.25, -0.2) is 0 Å². The first-order valence-corrected chi connectivity index (χ1v) is 4.30. The van der Waals surface area contributed by atoms with Crippen molar-refractivity contribution < 1.29 is 0 Å². The molecule has 3 heteroatoms. The number of fused-ring (bicyclic) bond motifs is 1. The Morgan fingerprint density at radius 2 is 2.17 bits per heavy atom. The Morgan fingerprint density at radius 1 is 1.33 bits per heavy atom. The van der Waals surface area contributed by atoms with Gasteiger partial charge in [0, 0.05) is 18.7 Å². The minimum atomic E-state index is 0.774. The molecule has 0 bridgehead atoms. The second-order valence-electron chi connectivity index (χ2n) is 3.12. The van der Waals surface area contributed by atoms with Crippen LogP contribution >= 0.6 is 0 Å². The summed E-state index contributed by atoms with van der Waals surface area (Å²) in [5, 5.41) is 3.33. The van der Waals surface area contributed by atoms with E-state index in [0.717, 1.165) is 31.6 Å². The van der Waals surface area contributed by atoms with E-state index in [-0.39, 0.29) is 0 Å². The summed E-state index contributed by atoms with van der Waals surface area (Å²) < 4.78 is 0. The molecule has 2 rings (SSSR count). The number of nitrogen functional groups attached to an aromatic ring is 1. The van der Waals surface area contributed by atoms with Gasteiger partial charge < -0.3 is 11.1 Å². The third-order valence-corrected chi connectivity index (χ3v) is 2.19. The van der Waals surface area contributed by atoms with Gasteiger partial charge in [-0.2, -0.15) is 0 Å². The Bertz CT molecular complexity index is 283. The SMILES string of the molecule is Nc1cnc2c(c1)CCNCC2. The Balaban J connectivity index is 2.36. The maximum absolute atomic E-state index is 5.65. The van der Waals surface area contributed by atoms with Crippen LogP contribution in [0, 0.1) is 0 Å². The Labute approximate surface area is 72.0 Å². The van der Waals surface area contributed by atoms with Gasteiger partial charge in [-0.1, -0.05) is 0 Å². The van der Waals surface area contributed by atoms with Crippen LogP contribution in [0.15, 0.2) is 12.3 Å². The van der Waals surface area contributed by atoms with Gasteiger partial charge >= 0.3 is 0 Å². The van der Waals surface area contributed by atoms with Crippen LogP contribution in [0.1, 0.15) is 11.3 Å². The van der Waals surface area contributed by atoms with E-state index < -0.39 is 0 Å². The second-order valence-corrected chi connectivity index (χ2v) is 3.12. The quantitative estimate of drug-likeness (QED) is 0.580. The molecular formula is C9H13N3. The molecule has 12 heavy (non-hydrogen) atoms. The van der Waals surface area contributed by atoms with Crippen molar-refractivity contribution in [1.82, 2.24) is 10.3 Å². The van der Waals surface area contributed by atoms with E-state index in [9.17, 15) is 0 Å². The summed E-state index contributed by atoms with van der Waals surface area (Å²) in [6, 6.07) is 2.04. The highest BCUT2D eigenvalue weighted by Crippen LogP contribution is 2.12. The van der Waals surface area contributed by atoms with E-state index in [1.54, 1.807) is 6.20 Å². The maximum atomic E-state index is 5.65. The third-order valence-electron chi connectivity index (χ3n) is 2.19. The van der Waals surface area contributed by atoms with Crippen molar-refractivity contribution in [3.8, 4) is 0 Å². The lowest BCUT2D eigenvalue weighted by atomic mass is 10.1. The fourth-order valence-electron chi connectivity index (χ4n) is 1.55. The van der Waals surface area contributed by atoms with Crippen molar-refractivity contribution in [1.29, 1.82) is 0 Å². The number of nitrogens with one attached hydrogen (secondary N) is 1. The molecule has 0 saturated heterocycles. The van der Waals surface area contributed by atoms with Crippen molar-refractivity contribution in [3.05, 3.63) is 23.5 Å². The van der Waals surface area contributed by atoms with Crippen molar-refractivity contribution in [2.75, 3.05) is 18.8 Å². The van der Waals surface area contributed by atoms with Crippen LogP contribution in [0.5, 0.6) is 0 Å². The van der Waals surface area contributed by atoms with Crippen molar-refractivity contribution >= 4 is 5.69 Å². The van der Waals surface area contributed by atoms with Gasteiger partial charge in [-0.05, 0) is 24.6 Å². The van der Waals surface area contributed by atoms with Gasteiger partial charge in [-0.3, -0.25) is 4.98 Å². The lowest BCUT2D eigenvalue weighted by Crippen LogP contribution is -2.16.